The summed E-state index contributed by atoms with van der Waals surface area (Å²) in [5.74, 6) is 1.71. The van der Waals surface area contributed by atoms with Crippen molar-refractivity contribution in [1.29, 1.82) is 0 Å². The van der Waals surface area contributed by atoms with Gasteiger partial charge in [-0.05, 0) is 43.6 Å². The van der Waals surface area contributed by atoms with Crippen LogP contribution in [0.2, 0.25) is 0 Å². The van der Waals surface area contributed by atoms with Crippen LogP contribution in [0, 0.1) is 10.1 Å². The highest BCUT2D eigenvalue weighted by Gasteiger charge is 2.28. The van der Waals surface area contributed by atoms with Crippen LogP contribution >= 0.6 is 12.2 Å². The number of aromatic nitrogens is 2. The second kappa shape index (κ2) is 5.52. The number of rotatable bonds is 3. The second-order valence-corrected chi connectivity index (χ2v) is 6.74. The Bertz CT molecular complexity index is 452. The Labute approximate surface area is 115 Å². The lowest BCUT2D eigenvalue weighted by Gasteiger charge is -2.33. The maximum atomic E-state index is 5.28. The van der Waals surface area contributed by atoms with Crippen molar-refractivity contribution in [2.24, 2.45) is 5.41 Å². The molecule has 0 radical (unpaired) electrons. The number of H-pyrrole nitrogens is 1. The molecule has 0 spiro atoms. The summed E-state index contributed by atoms with van der Waals surface area (Å²) in [7, 11) is 0. The first-order valence-corrected chi connectivity index (χ1v) is 7.51. The summed E-state index contributed by atoms with van der Waals surface area (Å²) < 4.78 is 0.747. The number of hydrogen-bond donors (Lipinski definition) is 1. The maximum absolute atomic E-state index is 5.28. The molecule has 0 atom stereocenters. The van der Waals surface area contributed by atoms with Crippen LogP contribution in [0.15, 0.2) is 6.07 Å². The average Bonchev–Trinajstić information content (AvgIpc) is 2.28. The number of hydrogen-bond acceptors (Lipinski definition) is 2. The van der Waals surface area contributed by atoms with Crippen molar-refractivity contribution in [3.8, 4) is 0 Å². The maximum Gasteiger partial charge on any atom is 0.129 e. The normalized spacial score (nSPS) is 19.9. The molecule has 1 aliphatic rings. The average molecular weight is 264 g/mol. The summed E-state index contributed by atoms with van der Waals surface area (Å²) in [6.45, 7) is 6.93. The van der Waals surface area contributed by atoms with Crippen LogP contribution in [0.4, 0.5) is 0 Å². The van der Waals surface area contributed by atoms with Crippen molar-refractivity contribution in [2.75, 3.05) is 0 Å². The summed E-state index contributed by atoms with van der Waals surface area (Å²) in [4.78, 5) is 8.05. The zero-order valence-corrected chi connectivity index (χ0v) is 12.6. The fraction of sp³-hybridized carbons (Fsp3) is 0.733. The highest BCUT2D eigenvalue weighted by atomic mass is 32.1. The molecular formula is C15H24N2S. The Morgan fingerprint density at radius 1 is 1.39 bits per heavy atom. The first kappa shape index (κ1) is 13.7. The Morgan fingerprint density at radius 3 is 2.67 bits per heavy atom. The van der Waals surface area contributed by atoms with Crippen LogP contribution < -0.4 is 0 Å². The SMILES string of the molecule is CCCc1cc(=S)nc(C2CCC(C)(C)CC2)[nH]1. The first-order chi connectivity index (χ1) is 8.50. The van der Waals surface area contributed by atoms with Gasteiger partial charge in [0.05, 0.1) is 0 Å². The fourth-order valence-electron chi connectivity index (χ4n) is 2.80. The molecular weight excluding hydrogens is 240 g/mol. The van der Waals surface area contributed by atoms with Crippen molar-refractivity contribution in [1.82, 2.24) is 9.97 Å². The monoisotopic (exact) mass is 264 g/mol. The number of nitrogens with one attached hydrogen (secondary N) is 1. The highest BCUT2D eigenvalue weighted by molar-refractivity contribution is 7.71. The minimum absolute atomic E-state index is 0.508. The smallest absolute Gasteiger partial charge is 0.129 e. The van der Waals surface area contributed by atoms with Gasteiger partial charge in [0.2, 0.25) is 0 Å². The van der Waals surface area contributed by atoms with Gasteiger partial charge in [0.25, 0.3) is 0 Å². The summed E-state index contributed by atoms with van der Waals surface area (Å²) in [6, 6.07) is 2.01. The van der Waals surface area contributed by atoms with Gasteiger partial charge in [-0.15, -0.1) is 0 Å². The van der Waals surface area contributed by atoms with Crippen LogP contribution in [0.5, 0.6) is 0 Å². The molecule has 2 nitrogen and oxygen atoms in total. The lowest BCUT2D eigenvalue weighted by atomic mass is 9.73. The topological polar surface area (TPSA) is 28.7 Å². The van der Waals surface area contributed by atoms with Gasteiger partial charge in [0.1, 0.15) is 10.5 Å². The van der Waals surface area contributed by atoms with Gasteiger partial charge in [0.15, 0.2) is 0 Å². The summed E-state index contributed by atoms with van der Waals surface area (Å²) in [5.41, 5.74) is 1.76. The predicted octanol–water partition coefficient (Wildman–Crippen LogP) is 4.78. The van der Waals surface area contributed by atoms with Gasteiger partial charge in [-0.2, -0.15) is 0 Å². The van der Waals surface area contributed by atoms with E-state index in [1.807, 2.05) is 6.07 Å². The van der Waals surface area contributed by atoms with E-state index in [0.717, 1.165) is 23.3 Å². The minimum atomic E-state index is 0.508. The fourth-order valence-corrected chi connectivity index (χ4v) is 3.04. The van der Waals surface area contributed by atoms with E-state index >= 15 is 0 Å². The van der Waals surface area contributed by atoms with E-state index in [0.29, 0.717) is 11.3 Å². The van der Waals surface area contributed by atoms with Crippen molar-refractivity contribution in [3.05, 3.63) is 22.2 Å². The van der Waals surface area contributed by atoms with Crippen LogP contribution in [0.25, 0.3) is 0 Å². The van der Waals surface area contributed by atoms with Crippen LogP contribution in [-0.2, 0) is 6.42 Å². The molecule has 1 saturated carbocycles. The molecule has 1 aromatic rings. The largest absolute Gasteiger partial charge is 0.347 e. The van der Waals surface area contributed by atoms with E-state index in [9.17, 15) is 0 Å². The predicted molar refractivity (Wildman–Crippen MR) is 78.4 cm³/mol. The summed E-state index contributed by atoms with van der Waals surface area (Å²) >= 11 is 5.28. The van der Waals surface area contributed by atoms with Crippen LogP contribution in [0.3, 0.4) is 0 Å². The molecule has 0 unspecified atom stereocenters. The lowest BCUT2D eigenvalue weighted by molar-refractivity contribution is 0.220. The van der Waals surface area contributed by atoms with E-state index in [2.05, 4.69) is 30.7 Å². The van der Waals surface area contributed by atoms with Crippen molar-refractivity contribution >= 4 is 12.2 Å². The molecule has 100 valence electrons. The molecule has 1 N–H and O–H groups in total. The third-order valence-corrected chi connectivity index (χ3v) is 4.27. The Kier molecular flexibility index (Phi) is 4.21. The third-order valence-electron chi connectivity index (χ3n) is 4.06. The Hall–Kier alpha value is -0.700. The third kappa shape index (κ3) is 3.41. The van der Waals surface area contributed by atoms with Crippen LogP contribution in [-0.4, -0.2) is 9.97 Å². The van der Waals surface area contributed by atoms with Crippen molar-refractivity contribution in [3.63, 3.8) is 0 Å². The Balaban J connectivity index is 2.16. The van der Waals surface area contributed by atoms with Gasteiger partial charge in [-0.25, -0.2) is 4.98 Å². The highest BCUT2D eigenvalue weighted by Crippen LogP contribution is 2.41. The Morgan fingerprint density at radius 2 is 2.06 bits per heavy atom. The molecule has 0 aliphatic heterocycles. The molecule has 1 aromatic heterocycles. The molecule has 3 heteroatoms. The number of aryl methyl sites for hydroxylation is 1. The van der Waals surface area contributed by atoms with Gasteiger partial charge in [-0.1, -0.05) is 39.4 Å². The van der Waals surface area contributed by atoms with E-state index in [-0.39, 0.29) is 0 Å². The van der Waals surface area contributed by atoms with Crippen molar-refractivity contribution < 1.29 is 0 Å². The number of aromatic amines is 1. The molecule has 2 rings (SSSR count). The molecule has 1 heterocycles. The molecule has 18 heavy (non-hydrogen) atoms. The quantitative estimate of drug-likeness (QED) is 0.796. The summed E-state index contributed by atoms with van der Waals surface area (Å²) in [6.07, 6.45) is 7.27. The second-order valence-electron chi connectivity index (χ2n) is 6.32. The number of nitrogens with zero attached hydrogens (tertiary/aromatic N) is 1. The lowest BCUT2D eigenvalue weighted by Crippen LogP contribution is -2.21. The molecule has 0 saturated heterocycles. The molecule has 1 aliphatic carbocycles. The standard InChI is InChI=1S/C15H24N2S/c1-4-5-12-10-13(18)17-14(16-12)11-6-8-15(2,3)9-7-11/h10-11H,4-9H2,1-3H3,(H,16,17,18). The van der Waals surface area contributed by atoms with Gasteiger partial charge in [-0.3, -0.25) is 0 Å². The van der Waals surface area contributed by atoms with E-state index in [4.69, 9.17) is 12.2 Å². The van der Waals surface area contributed by atoms with Gasteiger partial charge < -0.3 is 4.98 Å². The molecule has 0 amide bonds. The molecule has 1 fully saturated rings. The molecule has 0 aromatic carbocycles. The van der Waals surface area contributed by atoms with E-state index < -0.39 is 0 Å². The zero-order valence-electron chi connectivity index (χ0n) is 11.8. The molecule has 0 bridgehead atoms. The van der Waals surface area contributed by atoms with Crippen LogP contribution in [0.1, 0.15) is 70.3 Å². The minimum Gasteiger partial charge on any atom is -0.347 e. The van der Waals surface area contributed by atoms with Gasteiger partial charge in [0, 0.05) is 11.6 Å². The van der Waals surface area contributed by atoms with E-state index in [1.54, 1.807) is 0 Å². The van der Waals surface area contributed by atoms with E-state index in [1.165, 1.54) is 31.4 Å². The van der Waals surface area contributed by atoms with Gasteiger partial charge >= 0.3 is 0 Å². The summed E-state index contributed by atoms with van der Waals surface area (Å²) in [5, 5.41) is 0. The van der Waals surface area contributed by atoms with Crippen molar-refractivity contribution in [2.45, 2.75) is 65.2 Å². The zero-order chi connectivity index (χ0) is 13.2. The first-order valence-electron chi connectivity index (χ1n) is 7.10.